The molecule has 1 aliphatic rings. The number of rotatable bonds is 5. The van der Waals surface area contributed by atoms with Gasteiger partial charge in [-0.05, 0) is 26.2 Å². The number of carbonyl (C=O) groups excluding carboxylic acids is 1. The van der Waals surface area contributed by atoms with Gasteiger partial charge in [0, 0.05) is 17.6 Å². The van der Waals surface area contributed by atoms with Crippen molar-refractivity contribution in [2.45, 2.75) is 51.4 Å². The molecule has 8 heteroatoms. The van der Waals surface area contributed by atoms with Crippen LogP contribution in [0.5, 0.6) is 0 Å². The molecule has 5 nitrogen and oxygen atoms in total. The summed E-state index contributed by atoms with van der Waals surface area (Å²) in [6.07, 6.45) is 2.11. The fourth-order valence-corrected chi connectivity index (χ4v) is 3.14. The van der Waals surface area contributed by atoms with Gasteiger partial charge in [-0.1, -0.05) is 6.92 Å². The smallest absolute Gasteiger partial charge is 0.249 e. The third kappa shape index (κ3) is 5.38. The number of thiazole rings is 1. The predicted molar refractivity (Wildman–Crippen MR) is 89.5 cm³/mol. The van der Waals surface area contributed by atoms with E-state index in [9.17, 15) is 4.79 Å². The van der Waals surface area contributed by atoms with Crippen LogP contribution in [0.15, 0.2) is 5.38 Å². The van der Waals surface area contributed by atoms with E-state index < -0.39 is 0 Å². The van der Waals surface area contributed by atoms with Crippen LogP contribution in [0.1, 0.15) is 42.9 Å². The van der Waals surface area contributed by atoms with Crippen molar-refractivity contribution in [1.82, 2.24) is 10.3 Å². The van der Waals surface area contributed by atoms with Crippen LogP contribution in [0.25, 0.3) is 0 Å². The van der Waals surface area contributed by atoms with Crippen LogP contribution >= 0.6 is 36.2 Å². The van der Waals surface area contributed by atoms with E-state index in [0.717, 1.165) is 30.0 Å². The summed E-state index contributed by atoms with van der Waals surface area (Å²) in [4.78, 5) is 16.6. The van der Waals surface area contributed by atoms with Gasteiger partial charge >= 0.3 is 0 Å². The Morgan fingerprint density at radius 2 is 2.29 bits per heavy atom. The van der Waals surface area contributed by atoms with E-state index in [-0.39, 0.29) is 49.0 Å². The largest absolute Gasteiger partial charge is 0.364 e. The second-order valence-corrected chi connectivity index (χ2v) is 5.75. The first-order chi connectivity index (χ1) is 9.13. The zero-order chi connectivity index (χ0) is 13.8. The highest BCUT2D eigenvalue weighted by atomic mass is 35.5. The molecule has 0 aliphatic carbocycles. The van der Waals surface area contributed by atoms with Crippen LogP contribution in [0.3, 0.4) is 0 Å². The average molecular weight is 356 g/mol. The van der Waals surface area contributed by atoms with Crippen LogP contribution in [0, 0.1) is 6.92 Å². The van der Waals surface area contributed by atoms with Gasteiger partial charge in [0.05, 0.1) is 12.1 Å². The number of nitrogens with two attached hydrogens (primary N) is 1. The standard InChI is InChI=1S/C13H21N3O2S.2ClH/c1-3-10(13-15-8(2)7-19-13)16-12(17)11-5-4-9(6-14)18-11;;/h7,9-11H,3-6,14H2,1-2H3,(H,16,17);2*1H/t9-,10?,11+;;/m1../s1. The summed E-state index contributed by atoms with van der Waals surface area (Å²) < 4.78 is 5.60. The molecule has 1 unspecified atom stereocenters. The van der Waals surface area contributed by atoms with Crippen LogP contribution in [-0.2, 0) is 9.53 Å². The molecule has 3 N–H and O–H groups in total. The highest BCUT2D eigenvalue weighted by Gasteiger charge is 2.31. The van der Waals surface area contributed by atoms with Gasteiger partial charge < -0.3 is 15.8 Å². The van der Waals surface area contributed by atoms with Crippen LogP contribution in [-0.4, -0.2) is 29.6 Å². The SMILES string of the molecule is CCC(NC(=O)[C@@H]1CC[C@H](CN)O1)c1nc(C)cs1.Cl.Cl. The lowest BCUT2D eigenvalue weighted by atomic mass is 10.1. The van der Waals surface area contributed by atoms with Crippen molar-refractivity contribution in [2.75, 3.05) is 6.54 Å². The average Bonchev–Trinajstić information content (AvgIpc) is 3.04. The molecule has 1 aliphatic heterocycles. The number of ether oxygens (including phenoxy) is 1. The number of aryl methyl sites for hydroxylation is 1. The number of hydrogen-bond donors (Lipinski definition) is 2. The maximum atomic E-state index is 12.2. The third-order valence-corrected chi connectivity index (χ3v) is 4.40. The molecule has 1 aromatic rings. The van der Waals surface area contributed by atoms with Gasteiger partial charge in [-0.2, -0.15) is 0 Å². The zero-order valence-corrected chi connectivity index (χ0v) is 14.7. The van der Waals surface area contributed by atoms with Crippen molar-refractivity contribution in [1.29, 1.82) is 0 Å². The Balaban J connectivity index is 0.00000200. The predicted octanol–water partition coefficient (Wildman–Crippen LogP) is 2.37. The first-order valence-corrected chi connectivity index (χ1v) is 7.60. The van der Waals surface area contributed by atoms with Crippen LogP contribution in [0.4, 0.5) is 0 Å². The highest BCUT2D eigenvalue weighted by Crippen LogP contribution is 2.23. The van der Waals surface area contributed by atoms with Gasteiger partial charge in [-0.3, -0.25) is 4.79 Å². The highest BCUT2D eigenvalue weighted by molar-refractivity contribution is 7.09. The first-order valence-electron chi connectivity index (χ1n) is 6.72. The summed E-state index contributed by atoms with van der Waals surface area (Å²) >= 11 is 1.59. The normalized spacial score (nSPS) is 22.0. The summed E-state index contributed by atoms with van der Waals surface area (Å²) in [5.74, 6) is -0.0457. The second-order valence-electron chi connectivity index (χ2n) is 4.86. The van der Waals surface area contributed by atoms with Crippen molar-refractivity contribution in [2.24, 2.45) is 5.73 Å². The topological polar surface area (TPSA) is 77.2 Å². The van der Waals surface area contributed by atoms with Gasteiger partial charge in [0.2, 0.25) is 5.91 Å². The molecule has 21 heavy (non-hydrogen) atoms. The van der Waals surface area contributed by atoms with Crippen LogP contribution < -0.4 is 11.1 Å². The van der Waals surface area contributed by atoms with Crippen molar-refractivity contribution < 1.29 is 9.53 Å². The lowest BCUT2D eigenvalue weighted by Crippen LogP contribution is -2.37. The summed E-state index contributed by atoms with van der Waals surface area (Å²) in [5.41, 5.74) is 6.55. The monoisotopic (exact) mass is 355 g/mol. The quantitative estimate of drug-likeness (QED) is 0.849. The molecule has 2 rings (SSSR count). The summed E-state index contributed by atoms with van der Waals surface area (Å²) in [6.45, 7) is 4.48. The van der Waals surface area contributed by atoms with E-state index in [1.807, 2.05) is 19.2 Å². The van der Waals surface area contributed by atoms with Gasteiger partial charge in [0.25, 0.3) is 0 Å². The van der Waals surface area contributed by atoms with Crippen molar-refractivity contribution in [3.05, 3.63) is 16.1 Å². The molecule has 0 radical (unpaired) electrons. The Morgan fingerprint density at radius 1 is 1.57 bits per heavy atom. The summed E-state index contributed by atoms with van der Waals surface area (Å²) in [6, 6.07) is -0.0215. The molecule has 1 aromatic heterocycles. The van der Waals surface area contributed by atoms with E-state index in [0.29, 0.717) is 6.54 Å². The maximum Gasteiger partial charge on any atom is 0.249 e. The molecular formula is C13H23Cl2N3O2S. The van der Waals surface area contributed by atoms with Gasteiger partial charge in [0.1, 0.15) is 11.1 Å². The number of hydrogen-bond acceptors (Lipinski definition) is 5. The first kappa shape index (κ1) is 20.6. The fourth-order valence-electron chi connectivity index (χ4n) is 2.21. The van der Waals surface area contributed by atoms with Crippen molar-refractivity contribution in [3.8, 4) is 0 Å². The number of amides is 1. The Morgan fingerprint density at radius 3 is 2.76 bits per heavy atom. The molecule has 0 spiro atoms. The molecule has 0 aromatic carbocycles. The number of carbonyl (C=O) groups is 1. The Labute approximate surface area is 141 Å². The van der Waals surface area contributed by atoms with Crippen molar-refractivity contribution in [3.63, 3.8) is 0 Å². The molecule has 1 amide bonds. The minimum absolute atomic E-state index is 0. The van der Waals surface area contributed by atoms with E-state index in [1.54, 1.807) is 11.3 Å². The molecule has 2 heterocycles. The summed E-state index contributed by atoms with van der Waals surface area (Å²) in [5, 5.41) is 5.99. The van der Waals surface area contributed by atoms with E-state index in [1.165, 1.54) is 0 Å². The van der Waals surface area contributed by atoms with Gasteiger partial charge in [0.15, 0.2) is 0 Å². The molecule has 122 valence electrons. The molecular weight excluding hydrogens is 333 g/mol. The molecule has 1 saturated heterocycles. The zero-order valence-electron chi connectivity index (χ0n) is 12.2. The fraction of sp³-hybridized carbons (Fsp3) is 0.692. The van der Waals surface area contributed by atoms with Gasteiger partial charge in [-0.15, -0.1) is 36.2 Å². The lowest BCUT2D eigenvalue weighted by molar-refractivity contribution is -0.132. The number of nitrogens with zero attached hydrogens (tertiary/aromatic N) is 1. The molecule has 0 bridgehead atoms. The third-order valence-electron chi connectivity index (χ3n) is 3.32. The molecule has 3 atom stereocenters. The number of aromatic nitrogens is 1. The number of halogens is 2. The van der Waals surface area contributed by atoms with Crippen molar-refractivity contribution >= 4 is 42.1 Å². The minimum Gasteiger partial charge on any atom is -0.364 e. The van der Waals surface area contributed by atoms with Gasteiger partial charge in [-0.25, -0.2) is 4.98 Å². The van der Waals surface area contributed by atoms with Crippen LogP contribution in [0.2, 0.25) is 0 Å². The number of nitrogens with one attached hydrogen (secondary N) is 1. The summed E-state index contributed by atoms with van der Waals surface area (Å²) in [7, 11) is 0. The minimum atomic E-state index is -0.358. The Hall–Kier alpha value is -0.400. The Bertz CT molecular complexity index is 445. The van der Waals surface area contributed by atoms with E-state index in [4.69, 9.17) is 10.5 Å². The molecule has 1 fully saturated rings. The van der Waals surface area contributed by atoms with E-state index in [2.05, 4.69) is 10.3 Å². The lowest BCUT2D eigenvalue weighted by Gasteiger charge is -2.18. The molecule has 0 saturated carbocycles. The Kier molecular flexibility index (Phi) is 9.40. The maximum absolute atomic E-state index is 12.2. The van der Waals surface area contributed by atoms with E-state index >= 15 is 0 Å². The second kappa shape index (κ2) is 9.58.